The van der Waals surface area contributed by atoms with E-state index in [0.717, 1.165) is 17.5 Å². The van der Waals surface area contributed by atoms with Crippen molar-refractivity contribution in [1.82, 2.24) is 0 Å². The van der Waals surface area contributed by atoms with Gasteiger partial charge in [-0.25, -0.2) is 4.39 Å². The summed E-state index contributed by atoms with van der Waals surface area (Å²) < 4.78 is 15.2. The van der Waals surface area contributed by atoms with E-state index in [1.165, 1.54) is 12.1 Å². The first kappa shape index (κ1) is 15.3. The van der Waals surface area contributed by atoms with Gasteiger partial charge in [0.05, 0.1) is 16.7 Å². The summed E-state index contributed by atoms with van der Waals surface area (Å²) in [5, 5.41) is 14.3. The second kappa shape index (κ2) is 5.70. The van der Waals surface area contributed by atoms with Crippen molar-refractivity contribution >= 4 is 27.3 Å². The molecular weight excluding hydrogens is 375 g/mol. The zero-order valence-corrected chi connectivity index (χ0v) is 14.2. The van der Waals surface area contributed by atoms with Gasteiger partial charge >= 0.3 is 0 Å². The maximum absolute atomic E-state index is 14.5. The minimum Gasteiger partial charge on any atom is -0.375 e. The summed E-state index contributed by atoms with van der Waals surface area (Å²) in [5.41, 5.74) is 2.29. The molecule has 6 heteroatoms. The van der Waals surface area contributed by atoms with Crippen molar-refractivity contribution in [3.8, 4) is 0 Å². The van der Waals surface area contributed by atoms with Crippen LogP contribution >= 0.6 is 15.9 Å². The van der Waals surface area contributed by atoms with E-state index < -0.39 is 4.92 Å². The number of nitrogens with one attached hydrogen (secondary N) is 1. The number of hydrogen-bond donors (Lipinski definition) is 1. The number of nitrogens with zero attached hydrogens (tertiary/aromatic N) is 1. The SMILES string of the molecule is O=[N+]([O-])c1cccc([C@H]2Nc3c(F)cc(Br)cc3[C@H]3C=CC[C@H]32)c1. The molecule has 0 saturated heterocycles. The van der Waals surface area contributed by atoms with Crippen LogP contribution in [0, 0.1) is 21.8 Å². The van der Waals surface area contributed by atoms with E-state index in [1.54, 1.807) is 12.1 Å². The Bertz CT molecular complexity index is 868. The molecule has 1 aliphatic heterocycles. The molecule has 0 radical (unpaired) electrons. The Hall–Kier alpha value is -2.21. The third kappa shape index (κ3) is 2.41. The fourth-order valence-electron chi connectivity index (χ4n) is 3.78. The van der Waals surface area contributed by atoms with Crippen molar-refractivity contribution < 1.29 is 9.31 Å². The number of hydrogen-bond acceptors (Lipinski definition) is 3. The molecule has 2 aliphatic rings. The number of rotatable bonds is 2. The quantitative estimate of drug-likeness (QED) is 0.430. The van der Waals surface area contributed by atoms with Gasteiger partial charge in [0.15, 0.2) is 0 Å². The van der Waals surface area contributed by atoms with E-state index >= 15 is 0 Å². The second-order valence-corrected chi connectivity index (χ2v) is 7.10. The number of nitro benzene ring substituents is 1. The molecule has 24 heavy (non-hydrogen) atoms. The minimum absolute atomic E-state index is 0.0545. The summed E-state index contributed by atoms with van der Waals surface area (Å²) in [6.07, 6.45) is 5.08. The number of fused-ring (bicyclic) bond motifs is 3. The molecule has 0 aromatic heterocycles. The molecule has 1 heterocycles. The van der Waals surface area contributed by atoms with Crippen LogP contribution in [0.25, 0.3) is 0 Å². The molecule has 3 atom stereocenters. The first-order valence-corrected chi connectivity index (χ1v) is 8.50. The minimum atomic E-state index is -0.400. The highest BCUT2D eigenvalue weighted by molar-refractivity contribution is 9.10. The van der Waals surface area contributed by atoms with E-state index in [2.05, 4.69) is 33.4 Å². The molecule has 0 spiro atoms. The fraction of sp³-hybridized carbons (Fsp3) is 0.222. The van der Waals surface area contributed by atoms with Crippen molar-refractivity contribution in [3.63, 3.8) is 0 Å². The molecule has 1 N–H and O–H groups in total. The number of allylic oxidation sites excluding steroid dienone is 2. The predicted octanol–water partition coefficient (Wildman–Crippen LogP) is 5.32. The van der Waals surface area contributed by atoms with Crippen molar-refractivity contribution in [2.24, 2.45) is 5.92 Å². The Morgan fingerprint density at radius 3 is 2.92 bits per heavy atom. The summed E-state index contributed by atoms with van der Waals surface area (Å²) in [5.74, 6) is 0.0132. The molecule has 4 nitrogen and oxygen atoms in total. The zero-order valence-electron chi connectivity index (χ0n) is 12.6. The molecule has 2 aromatic carbocycles. The van der Waals surface area contributed by atoms with Crippen LogP contribution in [-0.2, 0) is 0 Å². The van der Waals surface area contributed by atoms with Gasteiger partial charge in [0, 0.05) is 22.5 Å². The van der Waals surface area contributed by atoms with Gasteiger partial charge in [-0.2, -0.15) is 0 Å². The monoisotopic (exact) mass is 388 g/mol. The van der Waals surface area contributed by atoms with Crippen LogP contribution in [0.2, 0.25) is 0 Å². The average molecular weight is 389 g/mol. The molecule has 0 unspecified atom stereocenters. The summed E-state index contributed by atoms with van der Waals surface area (Å²) >= 11 is 3.36. The summed E-state index contributed by atoms with van der Waals surface area (Å²) in [4.78, 5) is 10.7. The fourth-order valence-corrected chi connectivity index (χ4v) is 4.23. The van der Waals surface area contributed by atoms with Gasteiger partial charge in [0.2, 0.25) is 0 Å². The summed E-state index contributed by atoms with van der Waals surface area (Å²) in [6.45, 7) is 0. The van der Waals surface area contributed by atoms with E-state index in [1.807, 2.05) is 12.1 Å². The van der Waals surface area contributed by atoms with Crippen molar-refractivity contribution in [1.29, 1.82) is 0 Å². The van der Waals surface area contributed by atoms with Crippen LogP contribution in [0.3, 0.4) is 0 Å². The van der Waals surface area contributed by atoms with Gasteiger partial charge in [-0.3, -0.25) is 10.1 Å². The van der Waals surface area contributed by atoms with Gasteiger partial charge in [-0.1, -0.05) is 40.2 Å². The average Bonchev–Trinajstić information content (AvgIpc) is 3.04. The molecule has 122 valence electrons. The van der Waals surface area contributed by atoms with E-state index in [9.17, 15) is 14.5 Å². The Labute approximate surface area is 146 Å². The number of non-ortho nitro benzene ring substituents is 1. The highest BCUT2D eigenvalue weighted by atomic mass is 79.9. The van der Waals surface area contributed by atoms with Crippen molar-refractivity contribution in [2.45, 2.75) is 18.4 Å². The third-order valence-corrected chi connectivity index (χ3v) is 5.28. The first-order chi connectivity index (χ1) is 11.5. The van der Waals surface area contributed by atoms with E-state index in [-0.39, 0.29) is 29.4 Å². The Morgan fingerprint density at radius 2 is 2.12 bits per heavy atom. The molecule has 4 rings (SSSR count). The van der Waals surface area contributed by atoms with Gasteiger partial charge in [0.25, 0.3) is 5.69 Å². The topological polar surface area (TPSA) is 55.2 Å². The molecule has 1 aliphatic carbocycles. The van der Waals surface area contributed by atoms with Crippen LogP contribution in [0.15, 0.2) is 53.0 Å². The van der Waals surface area contributed by atoms with Gasteiger partial charge in [-0.15, -0.1) is 0 Å². The van der Waals surface area contributed by atoms with Crippen molar-refractivity contribution in [3.05, 3.63) is 80.1 Å². The lowest BCUT2D eigenvalue weighted by Crippen LogP contribution is -2.29. The smallest absolute Gasteiger partial charge is 0.269 e. The van der Waals surface area contributed by atoms with Crippen LogP contribution in [-0.4, -0.2) is 4.92 Å². The third-order valence-electron chi connectivity index (χ3n) is 4.83. The molecule has 2 aromatic rings. The van der Waals surface area contributed by atoms with Crippen LogP contribution in [0.5, 0.6) is 0 Å². The van der Waals surface area contributed by atoms with Crippen LogP contribution < -0.4 is 5.32 Å². The molecular formula is C18H14BrFN2O2. The van der Waals surface area contributed by atoms with Gasteiger partial charge < -0.3 is 5.32 Å². The lowest BCUT2D eigenvalue weighted by molar-refractivity contribution is -0.384. The Morgan fingerprint density at radius 1 is 1.29 bits per heavy atom. The maximum atomic E-state index is 14.5. The number of halogens is 2. The normalized spacial score (nSPS) is 24.2. The molecule has 0 saturated carbocycles. The van der Waals surface area contributed by atoms with Gasteiger partial charge in [0.1, 0.15) is 5.82 Å². The maximum Gasteiger partial charge on any atom is 0.269 e. The Kier molecular flexibility index (Phi) is 3.64. The van der Waals surface area contributed by atoms with E-state index in [4.69, 9.17) is 0 Å². The number of anilines is 1. The zero-order chi connectivity index (χ0) is 16.8. The first-order valence-electron chi connectivity index (χ1n) is 7.71. The summed E-state index contributed by atoms with van der Waals surface area (Å²) in [7, 11) is 0. The molecule has 0 fully saturated rings. The Balaban J connectivity index is 1.81. The van der Waals surface area contributed by atoms with Crippen LogP contribution in [0.4, 0.5) is 15.8 Å². The lowest BCUT2D eigenvalue weighted by atomic mass is 9.77. The summed E-state index contributed by atoms with van der Waals surface area (Å²) in [6, 6.07) is 9.82. The highest BCUT2D eigenvalue weighted by Crippen LogP contribution is 2.51. The predicted molar refractivity (Wildman–Crippen MR) is 93.5 cm³/mol. The van der Waals surface area contributed by atoms with Crippen LogP contribution in [0.1, 0.15) is 29.5 Å². The van der Waals surface area contributed by atoms with Gasteiger partial charge in [-0.05, 0) is 35.6 Å². The standard InChI is InChI=1S/C18H14BrFN2O2/c19-11-8-15-13-5-2-6-14(13)17(21-18(15)16(20)9-11)10-3-1-4-12(7-10)22(23)24/h1-5,7-9,13-14,17,21H,6H2/t13-,14+,17+/m0/s1. The number of nitro groups is 1. The largest absolute Gasteiger partial charge is 0.375 e. The molecule has 0 bridgehead atoms. The molecule has 0 amide bonds. The van der Waals surface area contributed by atoms with Crippen molar-refractivity contribution in [2.75, 3.05) is 5.32 Å². The van der Waals surface area contributed by atoms with E-state index in [0.29, 0.717) is 10.2 Å². The highest BCUT2D eigenvalue weighted by Gasteiger charge is 2.39. The number of benzene rings is 2. The second-order valence-electron chi connectivity index (χ2n) is 6.18. The lowest BCUT2D eigenvalue weighted by Gasteiger charge is -2.37.